The number of aromatic hydroxyl groups is 1. The number of Topliss-reactive ketones (excluding diaryl/α,β-unsaturated/α-hetero) is 1. The number of carbonyl (C=O) groups is 4. The second kappa shape index (κ2) is 27.5. The van der Waals surface area contributed by atoms with E-state index in [2.05, 4.69) is 35.8 Å². The van der Waals surface area contributed by atoms with Crippen LogP contribution in [0.25, 0.3) is 0 Å². The van der Waals surface area contributed by atoms with Gasteiger partial charge in [-0.1, -0.05) is 157 Å². The molecule has 3 N–H and O–H groups in total. The topological polar surface area (TPSA) is 199 Å². The van der Waals surface area contributed by atoms with Crippen molar-refractivity contribution in [2.75, 3.05) is 28.7 Å². The first-order valence-electron chi connectivity index (χ1n) is 24.8. The molecule has 16 nitrogen and oxygen atoms in total. The summed E-state index contributed by atoms with van der Waals surface area (Å²) in [6.07, 6.45) is 1.58. The van der Waals surface area contributed by atoms with Gasteiger partial charge in [0, 0.05) is 36.9 Å². The molecule has 422 valence electrons. The first-order valence-corrected chi connectivity index (χ1v) is 27.4. The fraction of sp³-hybridized carbons (Fsp3) is 0.169. The van der Waals surface area contributed by atoms with Gasteiger partial charge < -0.3 is 25.2 Å². The zero-order valence-electron chi connectivity index (χ0n) is 44.8. The van der Waals surface area contributed by atoms with Crippen molar-refractivity contribution in [2.45, 2.75) is 48.5 Å². The summed E-state index contributed by atoms with van der Waals surface area (Å²) >= 11 is 42.8. The van der Waals surface area contributed by atoms with Gasteiger partial charge in [-0.25, -0.2) is 15.0 Å². The average Bonchev–Trinajstić information content (AvgIpc) is 3.92. The summed E-state index contributed by atoms with van der Waals surface area (Å²) in [7, 11) is 0. The number of rotatable bonds is 10. The second-order valence-electron chi connectivity index (χ2n) is 18.8. The molecule has 0 bridgehead atoms. The van der Waals surface area contributed by atoms with Crippen LogP contribution in [0.4, 0.5) is 28.4 Å². The lowest BCUT2D eigenvalue weighted by molar-refractivity contribution is -0.127. The van der Waals surface area contributed by atoms with Gasteiger partial charge in [-0.05, 0) is 123 Å². The summed E-state index contributed by atoms with van der Waals surface area (Å²) in [5.74, 6) is -0.822. The van der Waals surface area contributed by atoms with Crippen molar-refractivity contribution in [3.8, 4) is 11.5 Å². The summed E-state index contributed by atoms with van der Waals surface area (Å²) in [4.78, 5) is 63.7. The Morgan fingerprint density at radius 3 is 1.59 bits per heavy atom. The fourth-order valence-electron chi connectivity index (χ4n) is 7.16. The number of aliphatic imine (C=N–C) groups is 3. The molecule has 2 heterocycles. The summed E-state index contributed by atoms with van der Waals surface area (Å²) in [6, 6.07) is 36.7. The number of ether oxygens (including phenoxy) is 2. The molecule has 0 aromatic heterocycles. The summed E-state index contributed by atoms with van der Waals surface area (Å²) < 4.78 is 11.0. The van der Waals surface area contributed by atoms with Crippen molar-refractivity contribution in [2.24, 2.45) is 30.6 Å². The van der Waals surface area contributed by atoms with Gasteiger partial charge in [-0.15, -0.1) is 10.2 Å². The van der Waals surface area contributed by atoms with Crippen LogP contribution in [-0.4, -0.2) is 70.8 Å². The van der Waals surface area contributed by atoms with Crippen LogP contribution in [-0.2, 0) is 23.9 Å². The van der Waals surface area contributed by atoms with Gasteiger partial charge in [-0.2, -0.15) is 10.0 Å². The Balaban J connectivity index is 0.000000178. The van der Waals surface area contributed by atoms with Crippen molar-refractivity contribution in [3.05, 3.63) is 191 Å². The predicted octanol–water partition coefficient (Wildman–Crippen LogP) is 15.2. The number of phenols is 1. The molecule has 3 amide bonds. The van der Waals surface area contributed by atoms with Crippen molar-refractivity contribution in [3.63, 3.8) is 0 Å². The summed E-state index contributed by atoms with van der Waals surface area (Å²) in [5, 5.41) is 28.6. The number of amidine groups is 1. The Kier molecular flexibility index (Phi) is 20.8. The highest BCUT2D eigenvalue weighted by atomic mass is 35.5. The van der Waals surface area contributed by atoms with Crippen LogP contribution in [0.15, 0.2) is 175 Å². The van der Waals surface area contributed by atoms with E-state index in [0.717, 1.165) is 11.1 Å². The van der Waals surface area contributed by atoms with Crippen LogP contribution < -0.4 is 25.4 Å². The number of carbonyl (C=O) groups excluding carboxylic acids is 4. The Morgan fingerprint density at radius 1 is 0.634 bits per heavy atom. The molecule has 0 spiro atoms. The van der Waals surface area contributed by atoms with E-state index in [1.807, 2.05) is 56.3 Å². The molecule has 9 rings (SSSR count). The van der Waals surface area contributed by atoms with E-state index in [4.69, 9.17) is 90.7 Å². The van der Waals surface area contributed by atoms with Crippen molar-refractivity contribution in [1.29, 1.82) is 0 Å². The zero-order chi connectivity index (χ0) is 59.6. The van der Waals surface area contributed by atoms with Gasteiger partial charge in [0.25, 0.3) is 5.90 Å². The molecule has 23 heteroatoms. The summed E-state index contributed by atoms with van der Waals surface area (Å²) in [5.41, 5.74) is 4.76. The summed E-state index contributed by atoms with van der Waals surface area (Å²) in [6.45, 7) is 12.8. The maximum atomic E-state index is 13.1. The van der Waals surface area contributed by atoms with E-state index in [1.165, 1.54) is 22.2 Å². The zero-order valence-corrected chi connectivity index (χ0v) is 50.1. The third kappa shape index (κ3) is 15.3. The number of allylic oxidation sites excluding steroid dienone is 3. The molecule has 6 aromatic rings. The minimum absolute atomic E-state index is 0.00226. The highest BCUT2D eigenvalue weighted by Crippen LogP contribution is 2.37. The number of hydrogen-bond acceptors (Lipinski definition) is 13. The molecule has 0 unspecified atom stereocenters. The maximum absolute atomic E-state index is 13.1. The Hall–Kier alpha value is -7.54. The van der Waals surface area contributed by atoms with Gasteiger partial charge in [0.15, 0.2) is 29.7 Å². The number of amides is 3. The number of nitrogens with one attached hydrogen (secondary N) is 2. The molecular formula is C59H50Cl7N9O7. The molecule has 0 atom stereocenters. The number of halogens is 7. The molecule has 82 heavy (non-hydrogen) atoms. The fourth-order valence-corrected chi connectivity index (χ4v) is 8.80. The average molecular weight is 1250 g/mol. The molecule has 0 radical (unpaired) electrons. The highest BCUT2D eigenvalue weighted by molar-refractivity contribution is 6.72. The van der Waals surface area contributed by atoms with Gasteiger partial charge in [-0.3, -0.25) is 19.2 Å². The highest BCUT2D eigenvalue weighted by Gasteiger charge is 2.37. The van der Waals surface area contributed by atoms with E-state index in [0.29, 0.717) is 72.2 Å². The number of para-hydroxylation sites is 3. The number of hydrogen-bond donors (Lipinski definition) is 3. The van der Waals surface area contributed by atoms with Gasteiger partial charge in [0.1, 0.15) is 11.5 Å². The first kappa shape index (κ1) is 62.1. The van der Waals surface area contributed by atoms with Gasteiger partial charge >= 0.3 is 11.8 Å². The molecule has 1 aliphatic carbocycles. The van der Waals surface area contributed by atoms with E-state index in [-0.39, 0.29) is 74.0 Å². The van der Waals surface area contributed by atoms with Crippen LogP contribution in [0.2, 0.25) is 30.1 Å². The molecule has 0 saturated heterocycles. The third-order valence-electron chi connectivity index (χ3n) is 11.8. The number of anilines is 3. The molecule has 0 saturated carbocycles. The van der Waals surface area contributed by atoms with Crippen molar-refractivity contribution >= 4 is 162 Å². The Bertz CT molecular complexity index is 3630. The SMILES string of the molecule is CC1=C(Cl)C(=O)C(=NCOc2ccccc2)C=C1Nc1cc(Cl)c(O)c(Cl)c1.CCOC1=NN(c2ccccc2)C(=O)C1=Nc1cc(Cl)c(C)c(Cl)c1.Cc1c(Cl)cc(N=C2C(=O)N(c3ccccc3)N=C2NC(=O)C(C)(C)C)cc1Cl. The monoisotopic (exact) mass is 1240 g/mol. The van der Waals surface area contributed by atoms with Crippen molar-refractivity contribution < 1.29 is 33.8 Å². The third-order valence-corrected chi connectivity index (χ3v) is 14.4. The van der Waals surface area contributed by atoms with Crippen LogP contribution in [0.3, 0.4) is 0 Å². The van der Waals surface area contributed by atoms with Gasteiger partial charge in [0.2, 0.25) is 11.7 Å². The lowest BCUT2D eigenvalue weighted by Crippen LogP contribution is -2.42. The van der Waals surface area contributed by atoms with Gasteiger partial charge in [0.05, 0.1) is 44.4 Å². The quantitative estimate of drug-likeness (QED) is 0.0888. The largest absolute Gasteiger partial charge is 0.505 e. The van der Waals surface area contributed by atoms with E-state index in [1.54, 1.807) is 113 Å². The van der Waals surface area contributed by atoms with Crippen LogP contribution in [0.1, 0.15) is 45.7 Å². The molecular weight excluding hydrogens is 1190 g/mol. The molecule has 6 aromatic carbocycles. The maximum Gasteiger partial charge on any atom is 0.303 e. The number of hydrazone groups is 2. The predicted molar refractivity (Wildman–Crippen MR) is 331 cm³/mol. The minimum atomic E-state index is -0.673. The number of phenolic OH excluding ortho intramolecular Hbond substituents is 1. The van der Waals surface area contributed by atoms with E-state index in [9.17, 15) is 24.3 Å². The number of ketones is 1. The minimum Gasteiger partial charge on any atom is -0.505 e. The second-order valence-corrected chi connectivity index (χ2v) is 21.6. The Labute approximate surface area is 508 Å². The Morgan fingerprint density at radius 2 is 1.10 bits per heavy atom. The van der Waals surface area contributed by atoms with Crippen LogP contribution in [0, 0.1) is 19.3 Å². The molecule has 3 aliphatic rings. The van der Waals surface area contributed by atoms with E-state index < -0.39 is 11.3 Å². The smallest absolute Gasteiger partial charge is 0.303 e. The first-order chi connectivity index (χ1) is 38.9. The molecule has 0 fully saturated rings. The number of nitrogens with zero attached hydrogens (tertiary/aromatic N) is 7. The standard InChI is InChI=1S/C21H20Cl2N4O2.C20H15Cl3N2O3.C18H15Cl2N3O2/c1-12-15(22)10-13(11-16(12)23)24-17-18(25-20(29)21(2,3)4)26-27(19(17)28)14-8-6-5-7-9-14;1-11-16(25-12-7-14(21)19(26)15(22)8-12)9-17(20(27)18(11)23)24-10-28-13-5-3-2-4-6-13;1-3-25-17-16(21-12-9-14(19)11(2)15(20)10-12)18(24)23(22-17)13-7-5-4-6-8-13/h5-11H,1-4H3,(H,25,26,29);2-9,25-26H,10H2,1H3;4-10H,3H2,1-2H3. The van der Waals surface area contributed by atoms with Crippen LogP contribution >= 0.6 is 81.2 Å². The van der Waals surface area contributed by atoms with E-state index >= 15 is 0 Å². The lowest BCUT2D eigenvalue weighted by Gasteiger charge is -2.18. The lowest BCUT2D eigenvalue weighted by atomic mass is 9.95. The molecule has 2 aliphatic heterocycles. The van der Waals surface area contributed by atoms with Crippen LogP contribution in [0.5, 0.6) is 11.5 Å². The van der Waals surface area contributed by atoms with Crippen molar-refractivity contribution in [1.82, 2.24) is 5.32 Å². The normalized spacial score (nSPS) is 15.7. The number of benzene rings is 6.